The van der Waals surface area contributed by atoms with E-state index < -0.39 is 0 Å². The van der Waals surface area contributed by atoms with E-state index >= 15 is 0 Å². The number of piperidine rings is 1. The molecule has 4 rings (SSSR count). The van der Waals surface area contributed by atoms with Gasteiger partial charge in [0.15, 0.2) is 11.6 Å². The lowest BCUT2D eigenvalue weighted by Crippen LogP contribution is -2.38. The van der Waals surface area contributed by atoms with Crippen molar-refractivity contribution in [2.75, 3.05) is 17.2 Å². The molecule has 0 amide bonds. The fourth-order valence-electron chi connectivity index (χ4n) is 3.56. The van der Waals surface area contributed by atoms with Crippen molar-refractivity contribution in [1.82, 2.24) is 10.1 Å². The average molecular weight is 332 g/mol. The number of anilines is 2. The summed E-state index contributed by atoms with van der Waals surface area (Å²) in [6.07, 6.45) is 2.35. The van der Waals surface area contributed by atoms with Gasteiger partial charge >= 0.3 is 0 Å². The largest absolute Gasteiger partial charge is 0.380 e. The standard InChI is InChI=1S/C13H17N5O.2ClH/c1-6-4-8-11(19-17-12(8)15)13(16-6)18-5-7-2-3-9(18)10(7)14;;/h4,7,9-10H,2-3,5,14H2,1H3,(H2,15,17);2*1H. The van der Waals surface area contributed by atoms with Gasteiger partial charge in [-0.3, -0.25) is 0 Å². The van der Waals surface area contributed by atoms with Crippen LogP contribution in [-0.4, -0.2) is 28.8 Å². The van der Waals surface area contributed by atoms with Crippen LogP contribution in [0.2, 0.25) is 0 Å². The van der Waals surface area contributed by atoms with Gasteiger partial charge in [-0.25, -0.2) is 4.98 Å². The summed E-state index contributed by atoms with van der Waals surface area (Å²) in [7, 11) is 0. The summed E-state index contributed by atoms with van der Waals surface area (Å²) in [4.78, 5) is 6.91. The molecule has 3 unspecified atom stereocenters. The molecular formula is C13H19Cl2N5O. The molecule has 116 valence electrons. The van der Waals surface area contributed by atoms with Crippen molar-refractivity contribution in [3.05, 3.63) is 11.8 Å². The zero-order valence-corrected chi connectivity index (χ0v) is 13.3. The van der Waals surface area contributed by atoms with Crippen LogP contribution in [0.5, 0.6) is 0 Å². The minimum absolute atomic E-state index is 0. The van der Waals surface area contributed by atoms with Crippen molar-refractivity contribution in [3.8, 4) is 0 Å². The molecule has 2 aliphatic rings. The van der Waals surface area contributed by atoms with Gasteiger partial charge in [-0.2, -0.15) is 0 Å². The third-order valence-electron chi connectivity index (χ3n) is 4.52. The molecule has 1 aliphatic heterocycles. The highest BCUT2D eigenvalue weighted by molar-refractivity contribution is 5.94. The van der Waals surface area contributed by atoms with E-state index in [1.807, 2.05) is 13.0 Å². The van der Waals surface area contributed by atoms with Gasteiger partial charge < -0.3 is 20.9 Å². The number of nitrogen functional groups attached to an aromatic ring is 1. The zero-order valence-electron chi connectivity index (χ0n) is 11.7. The first-order chi connectivity index (χ1) is 9.15. The lowest BCUT2D eigenvalue weighted by molar-refractivity contribution is 0.457. The van der Waals surface area contributed by atoms with E-state index in [2.05, 4.69) is 15.0 Å². The van der Waals surface area contributed by atoms with Gasteiger partial charge in [-0.1, -0.05) is 5.16 Å². The molecule has 0 aromatic carbocycles. The Kier molecular flexibility index (Phi) is 4.24. The molecule has 2 aromatic rings. The van der Waals surface area contributed by atoms with E-state index in [0.717, 1.165) is 29.9 Å². The van der Waals surface area contributed by atoms with Crippen LogP contribution >= 0.6 is 24.8 Å². The quantitative estimate of drug-likeness (QED) is 0.828. The van der Waals surface area contributed by atoms with Crippen LogP contribution in [0.3, 0.4) is 0 Å². The second-order valence-corrected chi connectivity index (χ2v) is 5.67. The Morgan fingerprint density at radius 2 is 2.10 bits per heavy atom. The van der Waals surface area contributed by atoms with Gasteiger partial charge in [0.25, 0.3) is 0 Å². The number of halogens is 2. The van der Waals surface area contributed by atoms with Crippen LogP contribution in [-0.2, 0) is 0 Å². The van der Waals surface area contributed by atoms with Gasteiger partial charge in [0.05, 0.1) is 5.39 Å². The first-order valence-electron chi connectivity index (χ1n) is 6.70. The van der Waals surface area contributed by atoms with E-state index in [9.17, 15) is 0 Å². The molecule has 4 N–H and O–H groups in total. The highest BCUT2D eigenvalue weighted by Gasteiger charge is 2.46. The van der Waals surface area contributed by atoms with Crippen LogP contribution in [0, 0.1) is 12.8 Å². The SMILES string of the molecule is Cc1cc2c(N)noc2c(N2CC3CCC2C3N)n1.Cl.Cl. The van der Waals surface area contributed by atoms with Crippen molar-refractivity contribution in [2.24, 2.45) is 11.7 Å². The Labute approximate surface area is 135 Å². The van der Waals surface area contributed by atoms with Crippen molar-refractivity contribution in [1.29, 1.82) is 0 Å². The number of hydrogen-bond donors (Lipinski definition) is 2. The Balaban J connectivity index is 0.000000807. The molecule has 21 heavy (non-hydrogen) atoms. The van der Waals surface area contributed by atoms with Gasteiger partial charge in [0.2, 0.25) is 5.58 Å². The van der Waals surface area contributed by atoms with Crippen molar-refractivity contribution in [2.45, 2.75) is 31.8 Å². The smallest absolute Gasteiger partial charge is 0.211 e. The second kappa shape index (κ2) is 5.51. The van der Waals surface area contributed by atoms with Crippen LogP contribution in [0.15, 0.2) is 10.6 Å². The highest BCUT2D eigenvalue weighted by Crippen LogP contribution is 2.41. The van der Waals surface area contributed by atoms with E-state index in [4.69, 9.17) is 16.0 Å². The molecule has 0 spiro atoms. The molecule has 3 heterocycles. The minimum atomic E-state index is 0. The van der Waals surface area contributed by atoms with Crippen LogP contribution in [0.25, 0.3) is 11.0 Å². The number of nitrogens with two attached hydrogens (primary N) is 2. The molecule has 8 heteroatoms. The zero-order chi connectivity index (χ0) is 13.1. The maximum atomic E-state index is 6.26. The predicted molar refractivity (Wildman–Crippen MR) is 87.3 cm³/mol. The van der Waals surface area contributed by atoms with E-state index in [0.29, 0.717) is 23.4 Å². The fraction of sp³-hybridized carbons (Fsp3) is 0.538. The molecule has 3 atom stereocenters. The van der Waals surface area contributed by atoms with Crippen LogP contribution < -0.4 is 16.4 Å². The van der Waals surface area contributed by atoms with Gasteiger partial charge in [0.1, 0.15) is 0 Å². The molecule has 1 aliphatic carbocycles. The lowest BCUT2D eigenvalue weighted by Gasteiger charge is -2.28. The molecule has 6 nitrogen and oxygen atoms in total. The number of rotatable bonds is 1. The highest BCUT2D eigenvalue weighted by atomic mass is 35.5. The molecular weight excluding hydrogens is 313 g/mol. The van der Waals surface area contributed by atoms with Crippen molar-refractivity contribution < 1.29 is 4.52 Å². The molecule has 1 saturated heterocycles. The number of hydrogen-bond acceptors (Lipinski definition) is 6. The van der Waals surface area contributed by atoms with E-state index in [1.165, 1.54) is 6.42 Å². The summed E-state index contributed by atoms with van der Waals surface area (Å²) in [6.45, 7) is 2.92. The lowest BCUT2D eigenvalue weighted by atomic mass is 10.1. The van der Waals surface area contributed by atoms with Crippen LogP contribution in [0.1, 0.15) is 18.5 Å². The summed E-state index contributed by atoms with van der Waals surface area (Å²) >= 11 is 0. The number of nitrogens with zero attached hydrogens (tertiary/aromatic N) is 3. The predicted octanol–water partition coefficient (Wildman–Crippen LogP) is 1.88. The third-order valence-corrected chi connectivity index (χ3v) is 4.52. The summed E-state index contributed by atoms with van der Waals surface area (Å²) in [5, 5.41) is 4.70. The van der Waals surface area contributed by atoms with E-state index in [1.54, 1.807) is 0 Å². The average Bonchev–Trinajstić information content (AvgIpc) is 3.03. The fourth-order valence-corrected chi connectivity index (χ4v) is 3.56. The summed E-state index contributed by atoms with van der Waals surface area (Å²) < 4.78 is 5.37. The molecule has 1 saturated carbocycles. The van der Waals surface area contributed by atoms with Gasteiger partial charge in [-0.15, -0.1) is 24.8 Å². The monoisotopic (exact) mass is 331 g/mol. The molecule has 0 radical (unpaired) electrons. The molecule has 2 aromatic heterocycles. The van der Waals surface area contributed by atoms with Crippen molar-refractivity contribution >= 4 is 47.4 Å². The Bertz CT molecular complexity index is 661. The Hall–Kier alpha value is -1.24. The van der Waals surface area contributed by atoms with Gasteiger partial charge in [-0.05, 0) is 31.7 Å². The first kappa shape index (κ1) is 16.1. The summed E-state index contributed by atoms with van der Waals surface area (Å²) in [5.74, 6) is 1.85. The maximum absolute atomic E-state index is 6.26. The minimum Gasteiger partial charge on any atom is -0.380 e. The molecule has 2 bridgehead atoms. The Morgan fingerprint density at radius 1 is 1.33 bits per heavy atom. The van der Waals surface area contributed by atoms with Crippen LogP contribution in [0.4, 0.5) is 11.6 Å². The third kappa shape index (κ3) is 2.22. The van der Waals surface area contributed by atoms with Crippen molar-refractivity contribution in [3.63, 3.8) is 0 Å². The number of pyridine rings is 1. The maximum Gasteiger partial charge on any atom is 0.211 e. The normalized spacial score (nSPS) is 26.8. The number of fused-ring (bicyclic) bond motifs is 3. The molecule has 2 fully saturated rings. The van der Waals surface area contributed by atoms with E-state index in [-0.39, 0.29) is 30.9 Å². The number of aryl methyl sites for hydroxylation is 1. The summed E-state index contributed by atoms with van der Waals surface area (Å²) in [5.41, 5.74) is 13.7. The summed E-state index contributed by atoms with van der Waals surface area (Å²) in [6, 6.07) is 2.53. The first-order valence-corrected chi connectivity index (χ1v) is 6.70. The number of aromatic nitrogens is 2. The topological polar surface area (TPSA) is 94.2 Å². The second-order valence-electron chi connectivity index (χ2n) is 5.67. The van der Waals surface area contributed by atoms with Gasteiger partial charge in [0, 0.05) is 24.3 Å². The Morgan fingerprint density at radius 3 is 2.71 bits per heavy atom.